The molecule has 0 aliphatic rings. The van der Waals surface area contributed by atoms with Crippen molar-refractivity contribution in [2.24, 2.45) is 0 Å². The molecule has 3 rings (SSSR count). The second-order valence-electron chi connectivity index (χ2n) is 5.34. The van der Waals surface area contributed by atoms with E-state index in [0.29, 0.717) is 21.8 Å². The van der Waals surface area contributed by atoms with Gasteiger partial charge in [0.05, 0.1) is 16.2 Å². The molecule has 0 amide bonds. The molecular weight excluding hydrogens is 345 g/mol. The van der Waals surface area contributed by atoms with Crippen LogP contribution in [0.15, 0.2) is 42.6 Å². The summed E-state index contributed by atoms with van der Waals surface area (Å²) in [5.74, 6) is 0.957. The Balaban J connectivity index is 1.78. The van der Waals surface area contributed by atoms with Gasteiger partial charge in [0.25, 0.3) is 0 Å². The van der Waals surface area contributed by atoms with E-state index >= 15 is 0 Å². The Morgan fingerprint density at radius 2 is 1.58 bits per heavy atom. The van der Waals surface area contributed by atoms with Gasteiger partial charge >= 0.3 is 0 Å². The minimum absolute atomic E-state index is 0.406. The van der Waals surface area contributed by atoms with Gasteiger partial charge in [0.2, 0.25) is 5.95 Å². The molecule has 2 aromatic carbocycles. The third kappa shape index (κ3) is 3.93. The molecule has 0 unspecified atom stereocenters. The first kappa shape index (κ1) is 16.5. The molecule has 2 N–H and O–H groups in total. The van der Waals surface area contributed by atoms with Crippen molar-refractivity contribution in [3.05, 3.63) is 63.8 Å². The molecule has 1 aromatic heterocycles. The predicted octanol–water partition coefficient (Wildman–Crippen LogP) is 5.28. The third-order valence-electron chi connectivity index (χ3n) is 3.51. The van der Waals surface area contributed by atoms with E-state index in [0.717, 1.165) is 11.4 Å². The van der Waals surface area contributed by atoms with Crippen molar-refractivity contribution in [2.75, 3.05) is 10.6 Å². The van der Waals surface area contributed by atoms with Gasteiger partial charge in [0, 0.05) is 11.4 Å². The second kappa shape index (κ2) is 7.03. The van der Waals surface area contributed by atoms with Gasteiger partial charge in [-0.15, -0.1) is 5.10 Å². The van der Waals surface area contributed by atoms with E-state index in [1.54, 1.807) is 12.1 Å². The van der Waals surface area contributed by atoms with Crippen LogP contribution in [-0.2, 0) is 0 Å². The summed E-state index contributed by atoms with van der Waals surface area (Å²) in [6.45, 7) is 4.13. The zero-order valence-electron chi connectivity index (χ0n) is 13.1. The number of aromatic nitrogens is 3. The highest BCUT2D eigenvalue weighted by atomic mass is 35.5. The summed E-state index contributed by atoms with van der Waals surface area (Å²) in [6.07, 6.45) is 1.54. The lowest BCUT2D eigenvalue weighted by atomic mass is 10.1. The molecule has 0 bridgehead atoms. The van der Waals surface area contributed by atoms with Crippen LogP contribution >= 0.6 is 23.2 Å². The Morgan fingerprint density at radius 3 is 2.33 bits per heavy atom. The molecule has 0 aliphatic heterocycles. The molecule has 0 radical (unpaired) electrons. The first-order valence-corrected chi connectivity index (χ1v) is 8.03. The molecule has 0 saturated carbocycles. The first-order valence-electron chi connectivity index (χ1n) is 7.27. The maximum absolute atomic E-state index is 6.01. The summed E-state index contributed by atoms with van der Waals surface area (Å²) >= 11 is 11.9. The maximum Gasteiger partial charge on any atom is 0.249 e. The number of hydrogen-bond donors (Lipinski definition) is 2. The van der Waals surface area contributed by atoms with Crippen LogP contribution in [0.3, 0.4) is 0 Å². The van der Waals surface area contributed by atoms with Crippen molar-refractivity contribution >= 4 is 46.3 Å². The van der Waals surface area contributed by atoms with Crippen LogP contribution in [0.5, 0.6) is 0 Å². The van der Waals surface area contributed by atoms with Crippen molar-refractivity contribution in [3.63, 3.8) is 0 Å². The van der Waals surface area contributed by atoms with E-state index < -0.39 is 0 Å². The van der Waals surface area contributed by atoms with E-state index in [-0.39, 0.29) is 0 Å². The molecule has 0 atom stereocenters. The Morgan fingerprint density at radius 1 is 0.833 bits per heavy atom. The quantitative estimate of drug-likeness (QED) is 0.663. The Kier molecular flexibility index (Phi) is 4.83. The molecule has 0 fully saturated rings. The van der Waals surface area contributed by atoms with Gasteiger partial charge in [-0.3, -0.25) is 0 Å². The van der Waals surface area contributed by atoms with E-state index in [2.05, 4.69) is 39.7 Å². The lowest BCUT2D eigenvalue weighted by Crippen LogP contribution is -2.02. The number of benzene rings is 2. The summed E-state index contributed by atoms with van der Waals surface area (Å²) in [6, 6.07) is 11.3. The normalized spacial score (nSPS) is 10.5. The Labute approximate surface area is 150 Å². The Bertz CT molecular complexity index is 814. The lowest BCUT2D eigenvalue weighted by molar-refractivity contribution is 0.982. The monoisotopic (exact) mass is 359 g/mol. The standard InChI is InChI=1S/C17H15Cl2N5/c1-10-3-4-12(7-11(10)2)22-17-23-16(9-20-24-17)21-13-5-6-14(18)15(19)8-13/h3-9H,1-2H3,(H2,21,22,23,24). The summed E-state index contributed by atoms with van der Waals surface area (Å²) in [5.41, 5.74) is 4.10. The number of rotatable bonds is 4. The summed E-state index contributed by atoms with van der Waals surface area (Å²) in [5, 5.41) is 15.2. The second-order valence-corrected chi connectivity index (χ2v) is 6.16. The van der Waals surface area contributed by atoms with Gasteiger partial charge in [0.1, 0.15) is 0 Å². The van der Waals surface area contributed by atoms with Gasteiger partial charge in [-0.25, -0.2) is 0 Å². The van der Waals surface area contributed by atoms with Crippen LogP contribution in [-0.4, -0.2) is 15.2 Å². The number of halogens is 2. The fraction of sp³-hybridized carbons (Fsp3) is 0.118. The SMILES string of the molecule is Cc1ccc(Nc2nncc(Nc3ccc(Cl)c(Cl)c3)n2)cc1C. The molecule has 1 heterocycles. The molecule has 3 aromatic rings. The van der Waals surface area contributed by atoms with Gasteiger partial charge in [-0.2, -0.15) is 10.1 Å². The average Bonchev–Trinajstić information content (AvgIpc) is 2.55. The molecule has 7 heteroatoms. The lowest BCUT2D eigenvalue weighted by Gasteiger charge is -2.09. The molecule has 0 aliphatic carbocycles. The van der Waals surface area contributed by atoms with Crippen LogP contribution in [0.25, 0.3) is 0 Å². The highest BCUT2D eigenvalue weighted by Crippen LogP contribution is 2.26. The number of nitrogens with one attached hydrogen (secondary N) is 2. The molecule has 0 saturated heterocycles. The highest BCUT2D eigenvalue weighted by Gasteiger charge is 2.05. The van der Waals surface area contributed by atoms with Crippen LogP contribution in [0.1, 0.15) is 11.1 Å². The van der Waals surface area contributed by atoms with Gasteiger partial charge in [0.15, 0.2) is 5.82 Å². The molecule has 5 nitrogen and oxygen atoms in total. The largest absolute Gasteiger partial charge is 0.339 e. The van der Waals surface area contributed by atoms with Crippen LogP contribution < -0.4 is 10.6 Å². The van der Waals surface area contributed by atoms with Crippen LogP contribution in [0.4, 0.5) is 23.1 Å². The topological polar surface area (TPSA) is 62.7 Å². The van der Waals surface area contributed by atoms with Crippen molar-refractivity contribution < 1.29 is 0 Å². The van der Waals surface area contributed by atoms with Crippen molar-refractivity contribution in [1.29, 1.82) is 0 Å². The van der Waals surface area contributed by atoms with Crippen molar-refractivity contribution in [2.45, 2.75) is 13.8 Å². The van der Waals surface area contributed by atoms with E-state index in [9.17, 15) is 0 Å². The van der Waals surface area contributed by atoms with E-state index in [1.165, 1.54) is 17.3 Å². The van der Waals surface area contributed by atoms with Crippen molar-refractivity contribution in [3.8, 4) is 0 Å². The summed E-state index contributed by atoms with van der Waals surface area (Å²) < 4.78 is 0. The molecule has 24 heavy (non-hydrogen) atoms. The zero-order valence-corrected chi connectivity index (χ0v) is 14.7. The highest BCUT2D eigenvalue weighted by molar-refractivity contribution is 6.42. The van der Waals surface area contributed by atoms with E-state index in [1.807, 2.05) is 24.3 Å². The van der Waals surface area contributed by atoms with E-state index in [4.69, 9.17) is 23.2 Å². The number of anilines is 4. The van der Waals surface area contributed by atoms with Crippen molar-refractivity contribution in [1.82, 2.24) is 15.2 Å². The van der Waals surface area contributed by atoms with Crippen LogP contribution in [0.2, 0.25) is 10.0 Å². The Hall–Kier alpha value is -2.37. The minimum Gasteiger partial charge on any atom is -0.339 e. The molecular formula is C17H15Cl2N5. The first-order chi connectivity index (χ1) is 11.5. The van der Waals surface area contributed by atoms with Gasteiger partial charge in [-0.1, -0.05) is 29.3 Å². The minimum atomic E-state index is 0.406. The number of nitrogens with zero attached hydrogens (tertiary/aromatic N) is 3. The summed E-state index contributed by atoms with van der Waals surface area (Å²) in [4.78, 5) is 4.40. The van der Waals surface area contributed by atoms with Gasteiger partial charge < -0.3 is 10.6 Å². The number of aryl methyl sites for hydroxylation is 2. The van der Waals surface area contributed by atoms with Gasteiger partial charge in [-0.05, 0) is 55.3 Å². The smallest absolute Gasteiger partial charge is 0.249 e. The summed E-state index contributed by atoms with van der Waals surface area (Å²) in [7, 11) is 0. The van der Waals surface area contributed by atoms with Crippen LogP contribution in [0, 0.1) is 13.8 Å². The third-order valence-corrected chi connectivity index (χ3v) is 4.25. The fourth-order valence-corrected chi connectivity index (χ4v) is 2.38. The zero-order chi connectivity index (χ0) is 17.1. The fourth-order valence-electron chi connectivity index (χ4n) is 2.09. The molecule has 0 spiro atoms. The predicted molar refractivity (Wildman–Crippen MR) is 98.8 cm³/mol. The number of hydrogen-bond acceptors (Lipinski definition) is 5. The molecule has 122 valence electrons. The maximum atomic E-state index is 6.01. The average molecular weight is 360 g/mol.